The number of hydrogen-bond acceptors (Lipinski definition) is 4. The highest BCUT2D eigenvalue weighted by atomic mass is 35.5. The summed E-state index contributed by atoms with van der Waals surface area (Å²) < 4.78 is 5.13. The van der Waals surface area contributed by atoms with Crippen LogP contribution in [0.2, 0.25) is 5.15 Å². The van der Waals surface area contributed by atoms with Gasteiger partial charge in [0.15, 0.2) is 0 Å². The Morgan fingerprint density at radius 3 is 2.60 bits per heavy atom. The summed E-state index contributed by atoms with van der Waals surface area (Å²) in [7, 11) is 1.66. The van der Waals surface area contributed by atoms with E-state index < -0.39 is 0 Å². The van der Waals surface area contributed by atoms with E-state index in [1.165, 1.54) is 0 Å². The van der Waals surface area contributed by atoms with Crippen LogP contribution in [0, 0.1) is 0 Å². The Balaban J connectivity index is 2.02. The van der Waals surface area contributed by atoms with Crippen LogP contribution in [-0.2, 0) is 13.0 Å². The minimum absolute atomic E-state index is 0.473. The number of rotatable bonds is 6. The van der Waals surface area contributed by atoms with Gasteiger partial charge in [0.2, 0.25) is 0 Å². The van der Waals surface area contributed by atoms with E-state index in [0.29, 0.717) is 11.7 Å². The van der Waals surface area contributed by atoms with Gasteiger partial charge in [-0.05, 0) is 24.1 Å². The number of aromatic nitrogens is 2. The number of hydrogen-bond donors (Lipinski definition) is 1. The van der Waals surface area contributed by atoms with E-state index in [0.717, 1.165) is 35.8 Å². The van der Waals surface area contributed by atoms with Crippen molar-refractivity contribution in [2.24, 2.45) is 0 Å². The normalized spacial score (nSPS) is 10.3. The first-order chi connectivity index (χ1) is 9.71. The van der Waals surface area contributed by atoms with E-state index in [9.17, 15) is 0 Å². The van der Waals surface area contributed by atoms with Crippen molar-refractivity contribution in [1.82, 2.24) is 9.97 Å². The number of benzene rings is 1. The topological polar surface area (TPSA) is 47.0 Å². The lowest BCUT2D eigenvalue weighted by Gasteiger charge is -2.08. The van der Waals surface area contributed by atoms with Gasteiger partial charge >= 0.3 is 0 Å². The van der Waals surface area contributed by atoms with E-state index >= 15 is 0 Å². The van der Waals surface area contributed by atoms with Crippen LogP contribution in [0.15, 0.2) is 30.3 Å². The minimum Gasteiger partial charge on any atom is -0.497 e. The van der Waals surface area contributed by atoms with Crippen LogP contribution in [0.25, 0.3) is 0 Å². The minimum atomic E-state index is 0.473. The quantitative estimate of drug-likeness (QED) is 0.824. The van der Waals surface area contributed by atoms with Crippen molar-refractivity contribution in [2.75, 3.05) is 12.4 Å². The number of nitrogens with one attached hydrogen (secondary N) is 1. The molecule has 2 rings (SSSR count). The number of methoxy groups -OCH3 is 1. The average Bonchev–Trinajstić information content (AvgIpc) is 2.45. The molecular weight excluding hydrogens is 274 g/mol. The predicted molar refractivity (Wildman–Crippen MR) is 81.4 cm³/mol. The molecule has 5 heteroatoms. The average molecular weight is 292 g/mol. The highest BCUT2D eigenvalue weighted by Crippen LogP contribution is 2.15. The van der Waals surface area contributed by atoms with Gasteiger partial charge in [0.05, 0.1) is 7.11 Å². The molecule has 1 heterocycles. The van der Waals surface area contributed by atoms with E-state index in [2.05, 4.69) is 22.2 Å². The molecule has 0 aliphatic rings. The third kappa shape index (κ3) is 4.10. The molecule has 0 atom stereocenters. The molecule has 0 aliphatic heterocycles. The monoisotopic (exact) mass is 291 g/mol. The predicted octanol–water partition coefficient (Wildman–Crippen LogP) is 3.70. The molecule has 0 bridgehead atoms. The summed E-state index contributed by atoms with van der Waals surface area (Å²) >= 11 is 6.00. The number of nitrogens with zero attached hydrogens (tertiary/aromatic N) is 2. The molecule has 0 unspecified atom stereocenters. The number of halogens is 1. The van der Waals surface area contributed by atoms with Gasteiger partial charge in [-0.25, -0.2) is 9.97 Å². The SMILES string of the molecule is CCCc1nc(Cl)cc(NCc2ccc(OC)cc2)n1. The van der Waals surface area contributed by atoms with Gasteiger partial charge in [-0.1, -0.05) is 30.7 Å². The van der Waals surface area contributed by atoms with Crippen molar-refractivity contribution in [3.63, 3.8) is 0 Å². The van der Waals surface area contributed by atoms with Crippen molar-refractivity contribution in [2.45, 2.75) is 26.3 Å². The molecule has 106 valence electrons. The van der Waals surface area contributed by atoms with Crippen molar-refractivity contribution in [3.05, 3.63) is 46.9 Å². The zero-order valence-corrected chi connectivity index (χ0v) is 12.4. The molecule has 0 radical (unpaired) electrons. The Morgan fingerprint density at radius 1 is 1.20 bits per heavy atom. The van der Waals surface area contributed by atoms with Crippen LogP contribution < -0.4 is 10.1 Å². The fourth-order valence-electron chi connectivity index (χ4n) is 1.83. The maximum atomic E-state index is 6.00. The van der Waals surface area contributed by atoms with Gasteiger partial charge in [-0.15, -0.1) is 0 Å². The molecule has 0 aliphatic carbocycles. The molecule has 0 saturated carbocycles. The van der Waals surface area contributed by atoms with Crippen molar-refractivity contribution >= 4 is 17.4 Å². The first kappa shape index (κ1) is 14.6. The van der Waals surface area contributed by atoms with Crippen LogP contribution in [-0.4, -0.2) is 17.1 Å². The first-order valence-corrected chi connectivity index (χ1v) is 6.99. The summed E-state index contributed by atoms with van der Waals surface area (Å²) in [5.74, 6) is 2.38. The van der Waals surface area contributed by atoms with E-state index in [4.69, 9.17) is 16.3 Å². The summed E-state index contributed by atoms with van der Waals surface area (Å²) in [6.45, 7) is 2.78. The second-order valence-electron chi connectivity index (χ2n) is 4.44. The Bertz CT molecular complexity index is 558. The molecule has 1 aromatic heterocycles. The van der Waals surface area contributed by atoms with E-state index in [-0.39, 0.29) is 0 Å². The van der Waals surface area contributed by atoms with Crippen LogP contribution in [0.1, 0.15) is 24.7 Å². The van der Waals surface area contributed by atoms with Gasteiger partial charge in [-0.3, -0.25) is 0 Å². The van der Waals surface area contributed by atoms with Gasteiger partial charge in [-0.2, -0.15) is 0 Å². The van der Waals surface area contributed by atoms with E-state index in [1.807, 2.05) is 24.3 Å². The van der Waals surface area contributed by atoms with Gasteiger partial charge in [0.25, 0.3) is 0 Å². The molecule has 4 nitrogen and oxygen atoms in total. The summed E-state index contributed by atoms with van der Waals surface area (Å²) in [5, 5.41) is 3.73. The molecule has 2 aromatic rings. The molecule has 20 heavy (non-hydrogen) atoms. The van der Waals surface area contributed by atoms with Crippen molar-refractivity contribution < 1.29 is 4.74 Å². The Kier molecular flexibility index (Phi) is 5.18. The maximum Gasteiger partial charge on any atom is 0.134 e. The van der Waals surface area contributed by atoms with E-state index in [1.54, 1.807) is 13.2 Å². The number of anilines is 1. The fraction of sp³-hybridized carbons (Fsp3) is 0.333. The molecule has 0 spiro atoms. The van der Waals surface area contributed by atoms with Crippen molar-refractivity contribution in [3.8, 4) is 5.75 Å². The summed E-state index contributed by atoms with van der Waals surface area (Å²) in [6, 6.07) is 9.65. The van der Waals surface area contributed by atoms with Crippen LogP contribution >= 0.6 is 11.6 Å². The molecule has 1 N–H and O–H groups in total. The Hall–Kier alpha value is -1.81. The zero-order valence-electron chi connectivity index (χ0n) is 11.7. The molecule has 1 aromatic carbocycles. The maximum absolute atomic E-state index is 6.00. The lowest BCUT2D eigenvalue weighted by molar-refractivity contribution is 0.414. The summed E-state index contributed by atoms with van der Waals surface area (Å²) in [6.07, 6.45) is 1.83. The third-order valence-electron chi connectivity index (χ3n) is 2.85. The molecular formula is C15H18ClN3O. The zero-order chi connectivity index (χ0) is 14.4. The Morgan fingerprint density at radius 2 is 1.95 bits per heavy atom. The standard InChI is InChI=1S/C15H18ClN3O/c1-3-4-14-18-13(16)9-15(19-14)17-10-11-5-7-12(20-2)8-6-11/h5-9H,3-4,10H2,1-2H3,(H,17,18,19). The largest absolute Gasteiger partial charge is 0.497 e. The molecule has 0 fully saturated rings. The summed E-state index contributed by atoms with van der Waals surface area (Å²) in [5.41, 5.74) is 1.15. The third-order valence-corrected chi connectivity index (χ3v) is 3.04. The molecule has 0 amide bonds. The fourth-order valence-corrected chi connectivity index (χ4v) is 2.03. The second-order valence-corrected chi connectivity index (χ2v) is 4.83. The van der Waals surface area contributed by atoms with Gasteiger partial charge < -0.3 is 10.1 Å². The van der Waals surface area contributed by atoms with Crippen LogP contribution in [0.5, 0.6) is 5.75 Å². The number of aryl methyl sites for hydroxylation is 1. The number of ether oxygens (including phenoxy) is 1. The van der Waals surface area contributed by atoms with Gasteiger partial charge in [0.1, 0.15) is 22.5 Å². The second kappa shape index (κ2) is 7.10. The Labute approximate surface area is 124 Å². The van der Waals surface area contributed by atoms with Crippen LogP contribution in [0.4, 0.5) is 5.82 Å². The first-order valence-electron chi connectivity index (χ1n) is 6.61. The molecule has 0 saturated heterocycles. The van der Waals surface area contributed by atoms with Gasteiger partial charge in [0, 0.05) is 19.0 Å². The lowest BCUT2D eigenvalue weighted by Crippen LogP contribution is -2.04. The highest BCUT2D eigenvalue weighted by molar-refractivity contribution is 6.29. The van der Waals surface area contributed by atoms with Crippen LogP contribution in [0.3, 0.4) is 0 Å². The summed E-state index contributed by atoms with van der Waals surface area (Å²) in [4.78, 5) is 8.64. The lowest BCUT2D eigenvalue weighted by atomic mass is 10.2. The van der Waals surface area contributed by atoms with Crippen molar-refractivity contribution in [1.29, 1.82) is 0 Å². The highest BCUT2D eigenvalue weighted by Gasteiger charge is 2.03. The smallest absolute Gasteiger partial charge is 0.134 e.